The lowest BCUT2D eigenvalue weighted by molar-refractivity contribution is -0.164. The van der Waals surface area contributed by atoms with Gasteiger partial charge in [-0.25, -0.2) is 4.79 Å². The first-order valence-corrected chi connectivity index (χ1v) is 3.82. The fourth-order valence-corrected chi connectivity index (χ4v) is 0.805. The van der Waals surface area contributed by atoms with Crippen LogP contribution >= 0.6 is 0 Å². The molecule has 12 heavy (non-hydrogen) atoms. The first-order chi connectivity index (χ1) is 5.34. The summed E-state index contributed by atoms with van der Waals surface area (Å²) in [7, 11) is 0. The molecule has 4 nitrogen and oxygen atoms in total. The van der Waals surface area contributed by atoms with Gasteiger partial charge in [0.25, 0.3) is 0 Å². The molecule has 0 unspecified atom stereocenters. The number of carboxylic acids is 1. The highest BCUT2D eigenvalue weighted by Gasteiger charge is 2.39. The molecule has 70 valence electrons. The van der Waals surface area contributed by atoms with E-state index in [1.807, 2.05) is 0 Å². The Morgan fingerprint density at radius 1 is 1.50 bits per heavy atom. The number of aliphatic carboxylic acids is 1. The van der Waals surface area contributed by atoms with E-state index in [-0.39, 0.29) is 12.2 Å². The number of aliphatic hydroxyl groups is 1. The van der Waals surface area contributed by atoms with Crippen molar-refractivity contribution in [3.8, 4) is 0 Å². The van der Waals surface area contributed by atoms with Crippen LogP contribution in [-0.2, 0) is 9.59 Å². The van der Waals surface area contributed by atoms with Crippen LogP contribution in [0.4, 0.5) is 0 Å². The van der Waals surface area contributed by atoms with Crippen molar-refractivity contribution in [3.63, 3.8) is 0 Å². The normalized spacial score (nSPS) is 18.0. The molecule has 0 aromatic rings. The van der Waals surface area contributed by atoms with Crippen molar-refractivity contribution in [1.82, 2.24) is 0 Å². The molecule has 0 aliphatic heterocycles. The van der Waals surface area contributed by atoms with Gasteiger partial charge < -0.3 is 10.2 Å². The van der Waals surface area contributed by atoms with Crippen molar-refractivity contribution >= 4 is 11.8 Å². The minimum Gasteiger partial charge on any atom is -0.479 e. The molecule has 0 heterocycles. The van der Waals surface area contributed by atoms with Crippen molar-refractivity contribution in [2.45, 2.75) is 32.8 Å². The van der Waals surface area contributed by atoms with Crippen molar-refractivity contribution in [2.75, 3.05) is 0 Å². The van der Waals surface area contributed by atoms with Crippen LogP contribution in [0.15, 0.2) is 0 Å². The molecule has 0 aliphatic rings. The summed E-state index contributed by atoms with van der Waals surface area (Å²) >= 11 is 0. The van der Waals surface area contributed by atoms with Crippen LogP contribution in [0.3, 0.4) is 0 Å². The fraction of sp³-hybridized carbons (Fsp3) is 0.750. The molecule has 0 aliphatic carbocycles. The van der Waals surface area contributed by atoms with Gasteiger partial charge in [-0.1, -0.05) is 13.8 Å². The highest BCUT2D eigenvalue weighted by Crippen LogP contribution is 2.18. The van der Waals surface area contributed by atoms with E-state index >= 15 is 0 Å². The molecule has 0 bridgehead atoms. The van der Waals surface area contributed by atoms with Crippen LogP contribution in [0.25, 0.3) is 0 Å². The maximum atomic E-state index is 11.0. The van der Waals surface area contributed by atoms with Crippen LogP contribution in [0, 0.1) is 5.92 Å². The Morgan fingerprint density at radius 3 is 2.17 bits per heavy atom. The SMILES string of the molecule is CCC(=O)[C@@H](C)[C@](C)(O)C(=O)O. The summed E-state index contributed by atoms with van der Waals surface area (Å²) < 4.78 is 0. The van der Waals surface area contributed by atoms with Gasteiger partial charge in [0.1, 0.15) is 5.78 Å². The molecule has 0 fully saturated rings. The highest BCUT2D eigenvalue weighted by atomic mass is 16.4. The Bertz CT molecular complexity index is 195. The second kappa shape index (κ2) is 3.67. The Kier molecular flexibility index (Phi) is 3.39. The van der Waals surface area contributed by atoms with Gasteiger partial charge in [0.05, 0.1) is 5.92 Å². The van der Waals surface area contributed by atoms with E-state index < -0.39 is 17.5 Å². The van der Waals surface area contributed by atoms with E-state index in [9.17, 15) is 14.7 Å². The van der Waals surface area contributed by atoms with Crippen LogP contribution in [0.5, 0.6) is 0 Å². The van der Waals surface area contributed by atoms with E-state index in [1.165, 1.54) is 6.92 Å². The number of ketones is 1. The lowest BCUT2D eigenvalue weighted by atomic mass is 9.86. The number of carbonyl (C=O) groups is 2. The smallest absolute Gasteiger partial charge is 0.336 e. The standard InChI is InChI=1S/C8H14O4/c1-4-6(9)5(2)8(3,12)7(10)11/h5,12H,4H2,1-3H3,(H,10,11)/t5-,8+/m1/s1. The molecule has 0 spiro atoms. The minimum atomic E-state index is -1.95. The van der Waals surface area contributed by atoms with Crippen molar-refractivity contribution in [1.29, 1.82) is 0 Å². The van der Waals surface area contributed by atoms with Crippen LogP contribution in [0.1, 0.15) is 27.2 Å². The number of rotatable bonds is 4. The number of hydrogen-bond donors (Lipinski definition) is 2. The third-order valence-electron chi connectivity index (χ3n) is 2.11. The summed E-state index contributed by atoms with van der Waals surface area (Å²) in [6.45, 7) is 4.18. The third-order valence-corrected chi connectivity index (χ3v) is 2.11. The van der Waals surface area contributed by atoms with E-state index in [2.05, 4.69) is 0 Å². The maximum absolute atomic E-state index is 11.0. The maximum Gasteiger partial charge on any atom is 0.336 e. The zero-order chi connectivity index (χ0) is 9.94. The molecular weight excluding hydrogens is 160 g/mol. The molecule has 2 atom stereocenters. The van der Waals surface area contributed by atoms with E-state index in [0.717, 1.165) is 6.92 Å². The summed E-state index contributed by atoms with van der Waals surface area (Å²) in [5.41, 5.74) is -1.95. The summed E-state index contributed by atoms with van der Waals surface area (Å²) in [5, 5.41) is 17.9. The number of carboxylic acid groups (broad SMARTS) is 1. The van der Waals surface area contributed by atoms with Gasteiger partial charge in [0, 0.05) is 6.42 Å². The molecule has 0 radical (unpaired) electrons. The van der Waals surface area contributed by atoms with E-state index in [1.54, 1.807) is 6.92 Å². The van der Waals surface area contributed by atoms with Gasteiger partial charge in [-0.05, 0) is 6.92 Å². The largest absolute Gasteiger partial charge is 0.479 e. The summed E-state index contributed by atoms with van der Waals surface area (Å²) in [6.07, 6.45) is 0.241. The van der Waals surface area contributed by atoms with Crippen molar-refractivity contribution in [2.24, 2.45) is 5.92 Å². The Morgan fingerprint density at radius 2 is 1.92 bits per heavy atom. The van der Waals surface area contributed by atoms with Gasteiger partial charge in [0.2, 0.25) is 0 Å². The zero-order valence-corrected chi connectivity index (χ0v) is 7.50. The van der Waals surface area contributed by atoms with Crippen molar-refractivity contribution in [3.05, 3.63) is 0 Å². The molecule has 0 aromatic carbocycles. The number of carbonyl (C=O) groups excluding carboxylic acids is 1. The Hall–Kier alpha value is -0.900. The van der Waals surface area contributed by atoms with Crippen LogP contribution < -0.4 is 0 Å². The van der Waals surface area contributed by atoms with Gasteiger partial charge in [0.15, 0.2) is 5.60 Å². The second-order valence-corrected chi connectivity index (χ2v) is 2.99. The number of hydrogen-bond acceptors (Lipinski definition) is 3. The highest BCUT2D eigenvalue weighted by molar-refractivity contribution is 5.89. The molecule has 0 saturated carbocycles. The second-order valence-electron chi connectivity index (χ2n) is 2.99. The predicted octanol–water partition coefficient (Wildman–Crippen LogP) is 0.437. The molecule has 0 aromatic heterocycles. The Labute approximate surface area is 71.2 Å². The average Bonchev–Trinajstić information content (AvgIpc) is 2.01. The summed E-state index contributed by atoms with van der Waals surface area (Å²) in [5.74, 6) is -2.47. The predicted molar refractivity (Wildman–Crippen MR) is 42.7 cm³/mol. The van der Waals surface area contributed by atoms with E-state index in [4.69, 9.17) is 5.11 Å². The molecule has 0 saturated heterocycles. The van der Waals surface area contributed by atoms with Crippen LogP contribution in [-0.4, -0.2) is 27.6 Å². The third kappa shape index (κ3) is 2.04. The molecular formula is C8H14O4. The minimum absolute atomic E-state index is 0.241. The fourth-order valence-electron chi connectivity index (χ4n) is 0.805. The monoisotopic (exact) mass is 174 g/mol. The topological polar surface area (TPSA) is 74.6 Å². The summed E-state index contributed by atoms with van der Waals surface area (Å²) in [4.78, 5) is 21.5. The van der Waals surface area contributed by atoms with E-state index in [0.29, 0.717) is 0 Å². The molecule has 0 rings (SSSR count). The van der Waals surface area contributed by atoms with Gasteiger partial charge in [-0.2, -0.15) is 0 Å². The van der Waals surface area contributed by atoms with Crippen molar-refractivity contribution < 1.29 is 19.8 Å². The van der Waals surface area contributed by atoms with Gasteiger partial charge in [-0.3, -0.25) is 4.79 Å². The van der Waals surface area contributed by atoms with Crippen LogP contribution in [0.2, 0.25) is 0 Å². The number of Topliss-reactive ketones (excluding diaryl/α,β-unsaturated/α-hetero) is 1. The summed E-state index contributed by atoms with van der Waals surface area (Å²) in [6, 6.07) is 0. The zero-order valence-electron chi connectivity index (χ0n) is 7.50. The first-order valence-electron chi connectivity index (χ1n) is 3.82. The molecule has 4 heteroatoms. The van der Waals surface area contributed by atoms with Gasteiger partial charge in [-0.15, -0.1) is 0 Å². The Balaban J connectivity index is 4.56. The first kappa shape index (κ1) is 11.1. The lowest BCUT2D eigenvalue weighted by Crippen LogP contribution is -2.44. The lowest BCUT2D eigenvalue weighted by Gasteiger charge is -2.23. The molecule has 0 amide bonds. The van der Waals surface area contributed by atoms with Gasteiger partial charge >= 0.3 is 5.97 Å². The average molecular weight is 174 g/mol. The molecule has 2 N–H and O–H groups in total. The quantitative estimate of drug-likeness (QED) is 0.648.